The molecular formula is C27H16F3N5O2S. The zero-order valence-electron chi connectivity index (χ0n) is 19.3. The zero-order chi connectivity index (χ0) is 26.4. The van der Waals surface area contributed by atoms with Crippen LogP contribution in [0.5, 0.6) is 0 Å². The number of fused-ring (bicyclic) bond motifs is 2. The Kier molecular flexibility index (Phi) is 5.76. The number of aromatic nitrogens is 4. The average molecular weight is 532 g/mol. The van der Waals surface area contributed by atoms with Gasteiger partial charge in [0.2, 0.25) is 5.78 Å². The number of H-pyrrole nitrogens is 2. The second-order valence-corrected chi connectivity index (χ2v) is 9.51. The fraction of sp³-hybridized carbons (Fsp3) is 0.0370. The molecule has 0 radical (unpaired) electrons. The first-order valence-corrected chi connectivity index (χ1v) is 12.2. The molecule has 0 saturated carbocycles. The van der Waals surface area contributed by atoms with Crippen molar-refractivity contribution in [2.75, 3.05) is 5.32 Å². The van der Waals surface area contributed by atoms with Crippen LogP contribution in [-0.4, -0.2) is 25.7 Å². The molecule has 0 bridgehead atoms. The predicted molar refractivity (Wildman–Crippen MR) is 139 cm³/mol. The number of carbonyl (C=O) groups excluding carboxylic acids is 1. The molecule has 6 aromatic rings. The van der Waals surface area contributed by atoms with E-state index in [0.29, 0.717) is 37.3 Å². The highest BCUT2D eigenvalue weighted by Gasteiger charge is 2.25. The molecule has 2 aromatic carbocycles. The molecule has 0 amide bonds. The standard InChI is InChI=1S/C27H16F3N5O2S/c28-15-3-1-2-13(6-15)9-31-20-5-4-19(29)22(23(20)30)24(36)18-11-33-25-16(18)7-14(10-32-25)21-8-17-26(37)34-12-35-27(17)38-21/h1-8,10-12,31H,9H2,(H,32,33)(H,34,35,37). The SMILES string of the molecule is O=C(c1c(F)ccc(NCc2cccc(F)c2)c1F)c1c[nH]c2ncc(-c3cc4c(=O)[nH]cnc4s3)cc12. The van der Waals surface area contributed by atoms with E-state index in [2.05, 4.69) is 25.3 Å². The molecular weight excluding hydrogens is 515 g/mol. The highest BCUT2D eigenvalue weighted by atomic mass is 32.1. The highest BCUT2D eigenvalue weighted by Crippen LogP contribution is 2.33. The number of benzene rings is 2. The van der Waals surface area contributed by atoms with Gasteiger partial charge in [0.1, 0.15) is 22.1 Å². The number of nitrogens with zero attached hydrogens (tertiary/aromatic N) is 2. The van der Waals surface area contributed by atoms with Crippen LogP contribution in [0.1, 0.15) is 21.5 Å². The first kappa shape index (κ1) is 23.6. The van der Waals surface area contributed by atoms with E-state index in [9.17, 15) is 18.4 Å². The Morgan fingerprint density at radius 2 is 1.87 bits per heavy atom. The van der Waals surface area contributed by atoms with Gasteiger partial charge in [-0.1, -0.05) is 12.1 Å². The minimum atomic E-state index is -1.06. The smallest absolute Gasteiger partial charge is 0.259 e. The number of pyridine rings is 1. The predicted octanol–water partition coefficient (Wildman–Crippen LogP) is 5.79. The van der Waals surface area contributed by atoms with Crippen LogP contribution in [0.15, 0.2) is 72.0 Å². The Labute approximate surface area is 216 Å². The van der Waals surface area contributed by atoms with Gasteiger partial charge in [-0.05, 0) is 42.0 Å². The van der Waals surface area contributed by atoms with Gasteiger partial charge in [-0.15, -0.1) is 11.3 Å². The molecule has 0 spiro atoms. The quantitative estimate of drug-likeness (QED) is 0.236. The number of nitrogens with one attached hydrogen (secondary N) is 3. The Morgan fingerprint density at radius 3 is 2.68 bits per heavy atom. The summed E-state index contributed by atoms with van der Waals surface area (Å²) >= 11 is 1.28. The van der Waals surface area contributed by atoms with E-state index < -0.39 is 28.8 Å². The van der Waals surface area contributed by atoms with E-state index in [0.717, 1.165) is 6.07 Å². The van der Waals surface area contributed by atoms with Gasteiger partial charge >= 0.3 is 0 Å². The third kappa shape index (κ3) is 4.12. The van der Waals surface area contributed by atoms with Crippen LogP contribution >= 0.6 is 11.3 Å². The van der Waals surface area contributed by atoms with Crippen molar-refractivity contribution in [3.63, 3.8) is 0 Å². The highest BCUT2D eigenvalue weighted by molar-refractivity contribution is 7.21. The van der Waals surface area contributed by atoms with Crippen molar-refractivity contribution >= 4 is 44.1 Å². The zero-order valence-corrected chi connectivity index (χ0v) is 20.1. The largest absolute Gasteiger partial charge is 0.379 e. The molecule has 4 aromatic heterocycles. The molecule has 0 saturated heterocycles. The molecule has 6 rings (SSSR count). The van der Waals surface area contributed by atoms with Gasteiger partial charge in [-0.2, -0.15) is 0 Å². The number of halogens is 3. The summed E-state index contributed by atoms with van der Waals surface area (Å²) < 4.78 is 43.7. The van der Waals surface area contributed by atoms with Gasteiger partial charge in [0.05, 0.1) is 23.0 Å². The van der Waals surface area contributed by atoms with Crippen molar-refractivity contribution in [2.45, 2.75) is 6.54 Å². The maximum Gasteiger partial charge on any atom is 0.259 e. The monoisotopic (exact) mass is 531 g/mol. The van der Waals surface area contributed by atoms with Gasteiger partial charge in [0, 0.05) is 40.3 Å². The second kappa shape index (κ2) is 9.27. The van der Waals surface area contributed by atoms with Crippen molar-refractivity contribution < 1.29 is 18.0 Å². The van der Waals surface area contributed by atoms with Crippen molar-refractivity contribution in [3.8, 4) is 10.4 Å². The Bertz CT molecular complexity index is 1930. The lowest BCUT2D eigenvalue weighted by molar-refractivity contribution is 0.103. The van der Waals surface area contributed by atoms with Crippen LogP contribution in [0.3, 0.4) is 0 Å². The van der Waals surface area contributed by atoms with Crippen LogP contribution in [-0.2, 0) is 6.54 Å². The maximum atomic E-state index is 15.4. The summed E-state index contributed by atoms with van der Waals surface area (Å²) in [5.41, 5.74) is 0.455. The minimum absolute atomic E-state index is 0.0338. The van der Waals surface area contributed by atoms with Crippen LogP contribution in [0, 0.1) is 17.5 Å². The molecule has 0 aliphatic heterocycles. The van der Waals surface area contributed by atoms with Crippen LogP contribution in [0.25, 0.3) is 31.7 Å². The number of aromatic amines is 2. The first-order valence-electron chi connectivity index (χ1n) is 11.3. The van der Waals surface area contributed by atoms with Crippen LogP contribution < -0.4 is 10.9 Å². The first-order chi connectivity index (χ1) is 18.4. The summed E-state index contributed by atoms with van der Waals surface area (Å²) in [6.45, 7) is 0.0706. The molecule has 0 unspecified atom stereocenters. The molecule has 4 heterocycles. The maximum absolute atomic E-state index is 15.4. The number of rotatable bonds is 6. The summed E-state index contributed by atoms with van der Waals surface area (Å²) in [5, 5.41) is 3.58. The lowest BCUT2D eigenvalue weighted by atomic mass is 10.0. The van der Waals surface area contributed by atoms with Gasteiger partial charge in [0.15, 0.2) is 5.82 Å². The molecule has 11 heteroatoms. The Morgan fingerprint density at radius 1 is 1.00 bits per heavy atom. The molecule has 188 valence electrons. The van der Waals surface area contributed by atoms with Gasteiger partial charge in [-0.3, -0.25) is 9.59 Å². The van der Waals surface area contributed by atoms with E-state index >= 15 is 4.39 Å². The van der Waals surface area contributed by atoms with Crippen molar-refractivity contribution in [1.82, 2.24) is 19.9 Å². The van der Waals surface area contributed by atoms with Crippen molar-refractivity contribution in [3.05, 3.63) is 112 Å². The van der Waals surface area contributed by atoms with E-state index in [-0.39, 0.29) is 23.4 Å². The number of hydrogen-bond acceptors (Lipinski definition) is 6. The number of thiophene rings is 1. The molecule has 0 aliphatic carbocycles. The molecule has 0 fully saturated rings. The van der Waals surface area contributed by atoms with E-state index in [4.69, 9.17) is 0 Å². The van der Waals surface area contributed by atoms with Crippen LogP contribution in [0.2, 0.25) is 0 Å². The normalized spacial score (nSPS) is 11.3. The lowest BCUT2D eigenvalue weighted by Gasteiger charge is -2.11. The number of anilines is 1. The third-order valence-corrected chi connectivity index (χ3v) is 7.18. The third-order valence-electron chi connectivity index (χ3n) is 6.08. The number of ketones is 1. The fourth-order valence-electron chi connectivity index (χ4n) is 4.21. The van der Waals surface area contributed by atoms with Crippen LogP contribution in [0.4, 0.5) is 18.9 Å². The minimum Gasteiger partial charge on any atom is -0.379 e. The Hall–Kier alpha value is -4.77. The van der Waals surface area contributed by atoms with Crippen molar-refractivity contribution in [2.24, 2.45) is 0 Å². The number of carbonyl (C=O) groups is 1. The van der Waals surface area contributed by atoms with Gasteiger partial charge in [0.25, 0.3) is 5.56 Å². The summed E-state index contributed by atoms with van der Waals surface area (Å²) in [6, 6.07) is 11.3. The number of hydrogen-bond donors (Lipinski definition) is 3. The summed E-state index contributed by atoms with van der Waals surface area (Å²) in [7, 11) is 0. The summed E-state index contributed by atoms with van der Waals surface area (Å²) in [4.78, 5) is 40.6. The average Bonchev–Trinajstić information content (AvgIpc) is 3.53. The molecule has 38 heavy (non-hydrogen) atoms. The molecule has 3 N–H and O–H groups in total. The summed E-state index contributed by atoms with van der Waals surface area (Å²) in [6.07, 6.45) is 4.25. The topological polar surface area (TPSA) is 104 Å². The lowest BCUT2D eigenvalue weighted by Crippen LogP contribution is -2.11. The molecule has 0 atom stereocenters. The molecule has 0 aliphatic rings. The van der Waals surface area contributed by atoms with E-state index in [1.807, 2.05) is 0 Å². The van der Waals surface area contributed by atoms with E-state index in [1.54, 1.807) is 24.4 Å². The van der Waals surface area contributed by atoms with E-state index in [1.165, 1.54) is 48.1 Å². The van der Waals surface area contributed by atoms with Crippen molar-refractivity contribution in [1.29, 1.82) is 0 Å². The summed E-state index contributed by atoms with van der Waals surface area (Å²) in [5.74, 6) is -3.38. The van der Waals surface area contributed by atoms with Gasteiger partial charge in [-0.25, -0.2) is 23.1 Å². The Balaban J connectivity index is 1.36. The fourth-order valence-corrected chi connectivity index (χ4v) is 5.19. The second-order valence-electron chi connectivity index (χ2n) is 8.48. The van der Waals surface area contributed by atoms with Gasteiger partial charge < -0.3 is 15.3 Å². The molecule has 7 nitrogen and oxygen atoms in total.